The van der Waals surface area contributed by atoms with E-state index in [1.54, 1.807) is 8.61 Å². The molecule has 0 N–H and O–H groups in total. The highest BCUT2D eigenvalue weighted by atomic mass is 79.9. The van der Waals surface area contributed by atoms with Crippen molar-refractivity contribution >= 4 is 26.1 Å². The lowest BCUT2D eigenvalue weighted by Gasteiger charge is -2.34. The second kappa shape index (κ2) is 6.87. The Kier molecular flexibility index (Phi) is 5.69. The number of rotatable bonds is 5. The van der Waals surface area contributed by atoms with Gasteiger partial charge in [-0.3, -0.25) is 0 Å². The molecule has 2 aliphatic rings. The van der Waals surface area contributed by atoms with Gasteiger partial charge in [-0.2, -0.15) is 17.0 Å². The average Bonchev–Trinajstić information content (AvgIpc) is 2.86. The summed E-state index contributed by atoms with van der Waals surface area (Å²) in [5.74, 6) is 0.661. The Morgan fingerprint density at radius 2 is 1.84 bits per heavy atom. The number of halogens is 1. The monoisotopic (exact) mass is 352 g/mol. The average molecular weight is 353 g/mol. The van der Waals surface area contributed by atoms with E-state index in [0.29, 0.717) is 25.6 Å². The van der Waals surface area contributed by atoms with Crippen LogP contribution >= 0.6 is 15.9 Å². The summed E-state index contributed by atoms with van der Waals surface area (Å²) in [4.78, 5) is 0. The fourth-order valence-corrected chi connectivity index (χ4v) is 5.32. The van der Waals surface area contributed by atoms with Gasteiger partial charge in [0.05, 0.1) is 0 Å². The molecule has 6 heteroatoms. The predicted molar refractivity (Wildman–Crippen MR) is 81.6 cm³/mol. The number of nitrogens with zero attached hydrogens (tertiary/aromatic N) is 2. The van der Waals surface area contributed by atoms with Gasteiger partial charge in [-0.25, -0.2) is 0 Å². The van der Waals surface area contributed by atoms with Gasteiger partial charge in [0.15, 0.2) is 0 Å². The zero-order chi connectivity index (χ0) is 13.9. The van der Waals surface area contributed by atoms with Crippen LogP contribution in [-0.4, -0.2) is 48.0 Å². The zero-order valence-corrected chi connectivity index (χ0v) is 14.1. The molecule has 0 aromatic rings. The van der Waals surface area contributed by atoms with Crippen LogP contribution in [-0.2, 0) is 10.2 Å². The topological polar surface area (TPSA) is 40.6 Å². The molecule has 2 aliphatic heterocycles. The Labute approximate surface area is 125 Å². The van der Waals surface area contributed by atoms with Crippen molar-refractivity contribution in [2.24, 2.45) is 5.92 Å². The van der Waals surface area contributed by atoms with E-state index in [1.165, 1.54) is 0 Å². The van der Waals surface area contributed by atoms with Crippen molar-refractivity contribution in [3.05, 3.63) is 0 Å². The minimum absolute atomic E-state index is 0.224. The van der Waals surface area contributed by atoms with Gasteiger partial charge in [-0.15, -0.1) is 0 Å². The molecule has 0 bridgehead atoms. The summed E-state index contributed by atoms with van der Waals surface area (Å²) in [7, 11) is -3.21. The summed E-state index contributed by atoms with van der Waals surface area (Å²) in [6.45, 7) is 4.32. The summed E-state index contributed by atoms with van der Waals surface area (Å²) < 4.78 is 28.9. The first-order valence-corrected chi connectivity index (χ1v) is 9.90. The Bertz CT molecular complexity index is 380. The molecule has 2 heterocycles. The predicted octanol–water partition coefficient (Wildman–Crippen LogP) is 2.60. The zero-order valence-electron chi connectivity index (χ0n) is 11.7. The van der Waals surface area contributed by atoms with Gasteiger partial charge < -0.3 is 0 Å². The van der Waals surface area contributed by atoms with E-state index in [2.05, 4.69) is 22.9 Å². The summed E-state index contributed by atoms with van der Waals surface area (Å²) in [6.07, 6.45) is 6.06. The van der Waals surface area contributed by atoms with Crippen molar-refractivity contribution < 1.29 is 8.42 Å². The van der Waals surface area contributed by atoms with E-state index in [4.69, 9.17) is 0 Å². The fourth-order valence-electron chi connectivity index (χ4n) is 3.08. The Hall–Kier alpha value is 0.350. The van der Waals surface area contributed by atoms with Crippen LogP contribution in [0, 0.1) is 5.92 Å². The molecule has 0 amide bonds. The molecule has 19 heavy (non-hydrogen) atoms. The molecular formula is C13H25BrN2O2S. The third-order valence-corrected chi connectivity index (χ3v) is 7.01. The molecule has 1 unspecified atom stereocenters. The van der Waals surface area contributed by atoms with Crippen LogP contribution in [0.2, 0.25) is 0 Å². The van der Waals surface area contributed by atoms with Gasteiger partial charge in [-0.05, 0) is 44.4 Å². The van der Waals surface area contributed by atoms with Crippen LogP contribution in [0.1, 0.15) is 45.4 Å². The molecule has 0 radical (unpaired) electrons. The minimum Gasteiger partial charge on any atom is -0.195 e. The molecule has 0 saturated carbocycles. The molecule has 0 aromatic heterocycles. The highest BCUT2D eigenvalue weighted by molar-refractivity contribution is 9.09. The summed E-state index contributed by atoms with van der Waals surface area (Å²) in [5, 5.41) is 0.957. The molecule has 0 aromatic carbocycles. The summed E-state index contributed by atoms with van der Waals surface area (Å²) in [5.41, 5.74) is 0. The second-order valence-electron chi connectivity index (χ2n) is 5.83. The fraction of sp³-hybridized carbons (Fsp3) is 1.00. The second-order valence-corrected chi connectivity index (χ2v) is 8.50. The van der Waals surface area contributed by atoms with Gasteiger partial charge in [0.2, 0.25) is 0 Å². The standard InChI is InChI=1S/C13H25BrN2O2S/c1-12-6-10-15(11-7-12)19(17,18)16-9-3-5-13(16)4-2-8-14/h12-13H,2-11H2,1H3. The van der Waals surface area contributed by atoms with E-state index in [-0.39, 0.29) is 6.04 Å². The molecule has 2 fully saturated rings. The number of alkyl halides is 1. The SMILES string of the molecule is CC1CCN(S(=O)(=O)N2CCCC2CCCBr)CC1. The van der Waals surface area contributed by atoms with Crippen LogP contribution in [0.4, 0.5) is 0 Å². The van der Waals surface area contributed by atoms with Crippen LogP contribution < -0.4 is 0 Å². The van der Waals surface area contributed by atoms with Crippen molar-refractivity contribution in [3.8, 4) is 0 Å². The van der Waals surface area contributed by atoms with Crippen molar-refractivity contribution in [3.63, 3.8) is 0 Å². The van der Waals surface area contributed by atoms with E-state index in [0.717, 1.165) is 43.9 Å². The lowest BCUT2D eigenvalue weighted by Crippen LogP contribution is -2.48. The van der Waals surface area contributed by atoms with Crippen molar-refractivity contribution in [1.82, 2.24) is 8.61 Å². The van der Waals surface area contributed by atoms with Gasteiger partial charge in [0.25, 0.3) is 10.2 Å². The lowest BCUT2D eigenvalue weighted by molar-refractivity contribution is 0.257. The Morgan fingerprint density at radius 1 is 1.16 bits per heavy atom. The molecule has 0 spiro atoms. The number of hydrogen-bond donors (Lipinski definition) is 0. The van der Waals surface area contributed by atoms with Crippen molar-refractivity contribution in [1.29, 1.82) is 0 Å². The van der Waals surface area contributed by atoms with Crippen LogP contribution in [0.15, 0.2) is 0 Å². The van der Waals surface area contributed by atoms with Crippen molar-refractivity contribution in [2.45, 2.75) is 51.5 Å². The highest BCUT2D eigenvalue weighted by Crippen LogP contribution is 2.28. The van der Waals surface area contributed by atoms with Crippen LogP contribution in [0.3, 0.4) is 0 Å². The van der Waals surface area contributed by atoms with Gasteiger partial charge in [-0.1, -0.05) is 22.9 Å². The molecule has 112 valence electrons. The molecule has 2 saturated heterocycles. The van der Waals surface area contributed by atoms with E-state index >= 15 is 0 Å². The van der Waals surface area contributed by atoms with E-state index < -0.39 is 10.2 Å². The largest absolute Gasteiger partial charge is 0.282 e. The molecule has 2 rings (SSSR count). The first-order chi connectivity index (χ1) is 9.05. The smallest absolute Gasteiger partial charge is 0.195 e. The van der Waals surface area contributed by atoms with Crippen LogP contribution in [0.5, 0.6) is 0 Å². The number of hydrogen-bond acceptors (Lipinski definition) is 2. The number of piperidine rings is 1. The quantitative estimate of drug-likeness (QED) is 0.713. The highest BCUT2D eigenvalue weighted by Gasteiger charge is 2.38. The molecular weight excluding hydrogens is 328 g/mol. The summed E-state index contributed by atoms with van der Waals surface area (Å²) >= 11 is 3.43. The third-order valence-electron chi connectivity index (χ3n) is 4.36. The Balaban J connectivity index is 2.01. The Morgan fingerprint density at radius 3 is 2.47 bits per heavy atom. The molecule has 1 atom stereocenters. The first kappa shape index (κ1) is 15.7. The summed E-state index contributed by atoms with van der Waals surface area (Å²) in [6, 6.07) is 0.224. The first-order valence-electron chi connectivity index (χ1n) is 7.38. The maximum absolute atomic E-state index is 12.7. The van der Waals surface area contributed by atoms with Crippen molar-refractivity contribution in [2.75, 3.05) is 25.0 Å². The normalized spacial score (nSPS) is 28.0. The third kappa shape index (κ3) is 3.71. The van der Waals surface area contributed by atoms with Gasteiger partial charge in [0, 0.05) is 31.0 Å². The maximum atomic E-state index is 12.7. The molecule has 0 aliphatic carbocycles. The maximum Gasteiger partial charge on any atom is 0.282 e. The van der Waals surface area contributed by atoms with E-state index in [1.807, 2.05) is 0 Å². The van der Waals surface area contributed by atoms with Gasteiger partial charge in [0.1, 0.15) is 0 Å². The lowest BCUT2D eigenvalue weighted by atomic mass is 10.0. The molecule has 4 nitrogen and oxygen atoms in total. The van der Waals surface area contributed by atoms with Gasteiger partial charge >= 0.3 is 0 Å². The van der Waals surface area contributed by atoms with Crippen LogP contribution in [0.25, 0.3) is 0 Å². The minimum atomic E-state index is -3.21. The van der Waals surface area contributed by atoms with E-state index in [9.17, 15) is 8.42 Å².